The molecule has 1 heterocycles. The summed E-state index contributed by atoms with van der Waals surface area (Å²) in [5.41, 5.74) is 2.53. The molecule has 1 amide bonds. The lowest BCUT2D eigenvalue weighted by Crippen LogP contribution is -2.30. The molecule has 150 valence electrons. The van der Waals surface area contributed by atoms with Crippen molar-refractivity contribution in [3.8, 4) is 0 Å². The zero-order chi connectivity index (χ0) is 20.4. The molecule has 2 N–H and O–H groups in total. The van der Waals surface area contributed by atoms with Gasteiger partial charge in [-0.15, -0.1) is 0 Å². The number of hydrogen-bond donors (Lipinski definition) is 2. The second-order valence-electron chi connectivity index (χ2n) is 7.20. The molecule has 29 heavy (non-hydrogen) atoms. The molecular formula is C22H21FN2O3S. The topological polar surface area (TPSA) is 79.0 Å². The van der Waals surface area contributed by atoms with E-state index in [0.29, 0.717) is 12.2 Å². The van der Waals surface area contributed by atoms with Crippen LogP contribution in [0.5, 0.6) is 0 Å². The van der Waals surface area contributed by atoms with E-state index in [0.717, 1.165) is 36.5 Å². The quantitative estimate of drug-likeness (QED) is 0.668. The van der Waals surface area contributed by atoms with Gasteiger partial charge >= 0.3 is 0 Å². The first kappa shape index (κ1) is 19.4. The van der Waals surface area contributed by atoms with Crippen molar-refractivity contribution in [3.05, 3.63) is 83.4 Å². The minimum Gasteiger partial charge on any atom is -0.357 e. The van der Waals surface area contributed by atoms with Crippen molar-refractivity contribution in [2.75, 3.05) is 6.54 Å². The van der Waals surface area contributed by atoms with Crippen molar-refractivity contribution in [1.29, 1.82) is 0 Å². The zero-order valence-corrected chi connectivity index (χ0v) is 16.5. The number of amides is 1. The number of hydrogen-bond acceptors (Lipinski definition) is 3. The van der Waals surface area contributed by atoms with Crippen molar-refractivity contribution in [1.82, 2.24) is 10.3 Å². The molecule has 1 aliphatic rings. The second kappa shape index (κ2) is 7.83. The summed E-state index contributed by atoms with van der Waals surface area (Å²) in [6.07, 6.45) is 4.32. The smallest absolute Gasteiger partial charge is 0.267 e. The largest absolute Gasteiger partial charge is 0.357 e. The normalized spacial score (nSPS) is 16.2. The molecule has 0 saturated heterocycles. The molecule has 1 aliphatic carbocycles. The van der Waals surface area contributed by atoms with Gasteiger partial charge in [0.05, 0.1) is 9.79 Å². The van der Waals surface area contributed by atoms with Crippen molar-refractivity contribution in [3.63, 3.8) is 0 Å². The summed E-state index contributed by atoms with van der Waals surface area (Å²) in [6.45, 7) is 0.487. The lowest BCUT2D eigenvalue weighted by molar-refractivity contribution is 0.0946. The lowest BCUT2D eigenvalue weighted by atomic mass is 9.83. The number of fused-ring (bicyclic) bond motifs is 1. The first-order valence-corrected chi connectivity index (χ1v) is 11.0. The Kier molecular flexibility index (Phi) is 5.24. The van der Waals surface area contributed by atoms with Gasteiger partial charge in [0.2, 0.25) is 9.84 Å². The monoisotopic (exact) mass is 412 g/mol. The molecule has 5 nitrogen and oxygen atoms in total. The number of aromatic nitrogens is 1. The minimum absolute atomic E-state index is 0.0528. The Morgan fingerprint density at radius 2 is 1.93 bits per heavy atom. The van der Waals surface area contributed by atoms with Crippen LogP contribution >= 0.6 is 0 Å². The van der Waals surface area contributed by atoms with Crippen LogP contribution in [0.1, 0.15) is 40.4 Å². The minimum atomic E-state index is -3.78. The Morgan fingerprint density at radius 1 is 1.10 bits per heavy atom. The number of rotatable bonds is 5. The third-order valence-electron chi connectivity index (χ3n) is 5.32. The first-order chi connectivity index (χ1) is 13.9. The Morgan fingerprint density at radius 3 is 2.69 bits per heavy atom. The second-order valence-corrected chi connectivity index (χ2v) is 9.15. The van der Waals surface area contributed by atoms with Gasteiger partial charge in [0.15, 0.2) is 0 Å². The molecule has 0 saturated carbocycles. The number of carbonyl (C=O) groups excluding carboxylic acids is 1. The molecule has 1 aromatic heterocycles. The van der Waals surface area contributed by atoms with E-state index in [2.05, 4.69) is 10.3 Å². The zero-order valence-electron chi connectivity index (χ0n) is 15.7. The summed E-state index contributed by atoms with van der Waals surface area (Å²) >= 11 is 0. The molecule has 4 rings (SSSR count). The fourth-order valence-electron chi connectivity index (χ4n) is 3.82. The fourth-order valence-corrected chi connectivity index (χ4v) is 5.17. The Hall–Kier alpha value is -2.93. The molecule has 0 spiro atoms. The molecule has 0 aliphatic heterocycles. The van der Waals surface area contributed by atoms with E-state index < -0.39 is 15.7 Å². The third kappa shape index (κ3) is 3.96. The van der Waals surface area contributed by atoms with Crippen LogP contribution in [0, 0.1) is 5.82 Å². The summed E-state index contributed by atoms with van der Waals surface area (Å²) in [5.74, 6) is -0.613. The number of aryl methyl sites for hydroxylation is 1. The summed E-state index contributed by atoms with van der Waals surface area (Å²) in [4.78, 5) is 15.2. The van der Waals surface area contributed by atoms with Gasteiger partial charge in [0.1, 0.15) is 11.5 Å². The highest BCUT2D eigenvalue weighted by molar-refractivity contribution is 7.91. The number of benzene rings is 2. The van der Waals surface area contributed by atoms with Crippen LogP contribution in [-0.4, -0.2) is 25.9 Å². The van der Waals surface area contributed by atoms with Gasteiger partial charge in [0.25, 0.3) is 5.91 Å². The number of carbonyl (C=O) groups is 1. The van der Waals surface area contributed by atoms with Gasteiger partial charge < -0.3 is 10.3 Å². The number of H-pyrrole nitrogens is 1. The summed E-state index contributed by atoms with van der Waals surface area (Å²) in [7, 11) is -3.78. The van der Waals surface area contributed by atoms with Crippen molar-refractivity contribution >= 4 is 15.7 Å². The van der Waals surface area contributed by atoms with Crippen LogP contribution in [0.2, 0.25) is 0 Å². The average molecular weight is 412 g/mol. The van der Waals surface area contributed by atoms with Crippen LogP contribution in [0.25, 0.3) is 0 Å². The Bertz CT molecular complexity index is 1140. The lowest BCUT2D eigenvalue weighted by Gasteiger charge is -2.26. The standard InChI is InChI=1S/C22H21FN2O3S/c23-17-6-2-7-18(13-17)29(27,28)19-9-10-20-15(12-19)4-1-5-16(20)14-25-22(26)21-8-3-11-24-21/h2-3,6-13,16,24H,1,4-5,14H2,(H,25,26). The van der Waals surface area contributed by atoms with Gasteiger partial charge in [-0.25, -0.2) is 12.8 Å². The van der Waals surface area contributed by atoms with E-state index >= 15 is 0 Å². The van der Waals surface area contributed by atoms with Gasteiger partial charge in [-0.2, -0.15) is 0 Å². The summed E-state index contributed by atoms with van der Waals surface area (Å²) < 4.78 is 39.2. The van der Waals surface area contributed by atoms with Crippen LogP contribution in [0.4, 0.5) is 4.39 Å². The third-order valence-corrected chi connectivity index (χ3v) is 7.07. The van der Waals surface area contributed by atoms with Gasteiger partial charge in [0, 0.05) is 18.7 Å². The predicted octanol–water partition coefficient (Wildman–Crippen LogP) is 3.84. The van der Waals surface area contributed by atoms with E-state index in [1.54, 1.807) is 30.5 Å². The molecule has 2 aromatic carbocycles. The summed E-state index contributed by atoms with van der Waals surface area (Å²) in [6, 6.07) is 13.6. The highest BCUT2D eigenvalue weighted by atomic mass is 32.2. The highest BCUT2D eigenvalue weighted by Gasteiger charge is 2.25. The van der Waals surface area contributed by atoms with E-state index in [4.69, 9.17) is 0 Å². The van der Waals surface area contributed by atoms with Gasteiger partial charge in [-0.1, -0.05) is 12.1 Å². The van der Waals surface area contributed by atoms with Crippen molar-refractivity contribution in [2.45, 2.75) is 35.0 Å². The van der Waals surface area contributed by atoms with E-state index in [9.17, 15) is 17.6 Å². The molecular weight excluding hydrogens is 391 g/mol. The van der Waals surface area contributed by atoms with Gasteiger partial charge in [-0.3, -0.25) is 4.79 Å². The molecule has 3 aromatic rings. The number of nitrogens with one attached hydrogen (secondary N) is 2. The average Bonchev–Trinajstić information content (AvgIpc) is 3.26. The molecule has 0 bridgehead atoms. The maximum Gasteiger partial charge on any atom is 0.267 e. The molecule has 7 heteroatoms. The molecule has 0 radical (unpaired) electrons. The van der Waals surface area contributed by atoms with Crippen LogP contribution < -0.4 is 5.32 Å². The van der Waals surface area contributed by atoms with E-state index in [-0.39, 0.29) is 21.6 Å². The predicted molar refractivity (Wildman–Crippen MR) is 107 cm³/mol. The molecule has 0 fully saturated rings. The SMILES string of the molecule is O=C(NCC1CCCc2cc(S(=O)(=O)c3cccc(F)c3)ccc21)c1ccc[nH]1. The number of sulfone groups is 1. The maximum absolute atomic E-state index is 13.5. The summed E-state index contributed by atoms with van der Waals surface area (Å²) in [5, 5.41) is 2.94. The highest BCUT2D eigenvalue weighted by Crippen LogP contribution is 2.34. The number of aromatic amines is 1. The molecule has 1 atom stereocenters. The van der Waals surface area contributed by atoms with Crippen LogP contribution in [-0.2, 0) is 16.3 Å². The van der Waals surface area contributed by atoms with Gasteiger partial charge in [-0.05, 0) is 72.9 Å². The maximum atomic E-state index is 13.5. The van der Waals surface area contributed by atoms with Crippen molar-refractivity contribution in [2.24, 2.45) is 0 Å². The fraction of sp³-hybridized carbons (Fsp3) is 0.227. The van der Waals surface area contributed by atoms with E-state index in [1.165, 1.54) is 18.2 Å². The van der Waals surface area contributed by atoms with Crippen LogP contribution in [0.15, 0.2) is 70.6 Å². The molecule has 1 unspecified atom stereocenters. The van der Waals surface area contributed by atoms with E-state index in [1.807, 2.05) is 6.07 Å². The first-order valence-electron chi connectivity index (χ1n) is 9.50. The number of halogens is 1. The van der Waals surface area contributed by atoms with Crippen LogP contribution in [0.3, 0.4) is 0 Å². The van der Waals surface area contributed by atoms with Crippen molar-refractivity contribution < 1.29 is 17.6 Å². The Balaban J connectivity index is 1.56. The Labute approximate surface area is 168 Å².